The summed E-state index contributed by atoms with van der Waals surface area (Å²) in [7, 11) is 0. The number of benzene rings is 1. The highest BCUT2D eigenvalue weighted by molar-refractivity contribution is 5.42. The van der Waals surface area contributed by atoms with Crippen molar-refractivity contribution in [2.75, 3.05) is 13.2 Å². The Labute approximate surface area is 103 Å². The standard InChI is InChI=1S/C12H15NO2.C2H6/c1-2-9-6-13-7-11(9)12(3-1)15-10-4-5-14-8-10;1-2/h1-3,10,13H,4-8H2;1-2H3. The van der Waals surface area contributed by atoms with Gasteiger partial charge in [-0.05, 0) is 11.6 Å². The predicted octanol–water partition coefficient (Wildman–Crippen LogP) is 2.48. The van der Waals surface area contributed by atoms with Crippen LogP contribution in [0.5, 0.6) is 5.75 Å². The fourth-order valence-electron chi connectivity index (χ4n) is 2.20. The minimum Gasteiger partial charge on any atom is -0.488 e. The van der Waals surface area contributed by atoms with Crippen molar-refractivity contribution in [1.82, 2.24) is 5.32 Å². The third-order valence-corrected chi connectivity index (χ3v) is 3.03. The van der Waals surface area contributed by atoms with E-state index in [1.54, 1.807) is 0 Å². The molecule has 0 radical (unpaired) electrons. The molecule has 1 atom stereocenters. The summed E-state index contributed by atoms with van der Waals surface area (Å²) in [6, 6.07) is 6.29. The highest BCUT2D eigenvalue weighted by Gasteiger charge is 2.21. The van der Waals surface area contributed by atoms with E-state index in [0.717, 1.165) is 38.5 Å². The zero-order valence-corrected chi connectivity index (χ0v) is 10.7. The highest BCUT2D eigenvalue weighted by atomic mass is 16.5. The third kappa shape index (κ3) is 2.79. The van der Waals surface area contributed by atoms with Gasteiger partial charge in [0, 0.05) is 25.1 Å². The molecular formula is C14H21NO2. The van der Waals surface area contributed by atoms with Gasteiger partial charge in [0.05, 0.1) is 13.2 Å². The first-order chi connectivity index (χ1) is 8.43. The van der Waals surface area contributed by atoms with Gasteiger partial charge in [-0.1, -0.05) is 26.0 Å². The second kappa shape index (κ2) is 6.03. The molecule has 94 valence electrons. The first-order valence-corrected chi connectivity index (χ1v) is 6.49. The molecule has 1 saturated heterocycles. The second-order valence-corrected chi connectivity index (χ2v) is 4.10. The SMILES string of the molecule is CC.c1cc2c(c(OC3CCOC3)c1)CNC2. The summed E-state index contributed by atoms with van der Waals surface area (Å²) < 4.78 is 11.3. The van der Waals surface area contributed by atoms with Gasteiger partial charge in [-0.25, -0.2) is 0 Å². The van der Waals surface area contributed by atoms with Crippen molar-refractivity contribution < 1.29 is 9.47 Å². The molecule has 1 aromatic rings. The van der Waals surface area contributed by atoms with Gasteiger partial charge in [0.15, 0.2) is 0 Å². The Morgan fingerprint density at radius 3 is 2.94 bits per heavy atom. The van der Waals surface area contributed by atoms with Crippen molar-refractivity contribution in [1.29, 1.82) is 0 Å². The van der Waals surface area contributed by atoms with E-state index in [2.05, 4.69) is 23.5 Å². The number of hydrogen-bond donors (Lipinski definition) is 1. The van der Waals surface area contributed by atoms with Gasteiger partial charge < -0.3 is 14.8 Å². The van der Waals surface area contributed by atoms with Crippen LogP contribution in [0.3, 0.4) is 0 Å². The molecule has 3 rings (SSSR count). The van der Waals surface area contributed by atoms with Crippen LogP contribution in [-0.4, -0.2) is 19.3 Å². The van der Waals surface area contributed by atoms with Crippen LogP contribution in [0.4, 0.5) is 0 Å². The van der Waals surface area contributed by atoms with Gasteiger partial charge in [0.25, 0.3) is 0 Å². The molecule has 0 amide bonds. The minimum absolute atomic E-state index is 0.247. The van der Waals surface area contributed by atoms with E-state index in [1.165, 1.54) is 11.1 Å². The lowest BCUT2D eigenvalue weighted by Gasteiger charge is -2.14. The Kier molecular flexibility index (Phi) is 4.40. The molecule has 3 nitrogen and oxygen atoms in total. The predicted molar refractivity (Wildman–Crippen MR) is 68.2 cm³/mol. The molecule has 0 spiro atoms. The molecule has 0 aromatic heterocycles. The molecule has 1 N–H and O–H groups in total. The Bertz CT molecular complexity index is 359. The summed E-state index contributed by atoms with van der Waals surface area (Å²) in [4.78, 5) is 0. The van der Waals surface area contributed by atoms with Gasteiger partial charge in [0.1, 0.15) is 11.9 Å². The van der Waals surface area contributed by atoms with Crippen LogP contribution < -0.4 is 10.1 Å². The minimum atomic E-state index is 0.247. The van der Waals surface area contributed by atoms with Gasteiger partial charge in [-0.3, -0.25) is 0 Å². The molecule has 1 aromatic carbocycles. The maximum atomic E-state index is 5.95. The largest absolute Gasteiger partial charge is 0.488 e. The van der Waals surface area contributed by atoms with Crippen molar-refractivity contribution in [3.05, 3.63) is 29.3 Å². The Balaban J connectivity index is 0.000000514. The number of hydrogen-bond acceptors (Lipinski definition) is 3. The lowest BCUT2D eigenvalue weighted by molar-refractivity contribution is 0.140. The van der Waals surface area contributed by atoms with E-state index in [1.807, 2.05) is 13.8 Å². The van der Waals surface area contributed by atoms with Crippen LogP contribution in [-0.2, 0) is 17.8 Å². The molecular weight excluding hydrogens is 214 g/mol. The molecule has 2 heterocycles. The van der Waals surface area contributed by atoms with Crippen LogP contribution in [0.25, 0.3) is 0 Å². The maximum Gasteiger partial charge on any atom is 0.124 e. The molecule has 0 saturated carbocycles. The highest BCUT2D eigenvalue weighted by Crippen LogP contribution is 2.28. The third-order valence-electron chi connectivity index (χ3n) is 3.03. The number of fused-ring (bicyclic) bond motifs is 1. The quantitative estimate of drug-likeness (QED) is 0.854. The Morgan fingerprint density at radius 2 is 2.18 bits per heavy atom. The maximum absolute atomic E-state index is 5.95. The second-order valence-electron chi connectivity index (χ2n) is 4.10. The first-order valence-electron chi connectivity index (χ1n) is 6.49. The van der Waals surface area contributed by atoms with E-state index in [0.29, 0.717) is 0 Å². The Morgan fingerprint density at radius 1 is 1.29 bits per heavy atom. The van der Waals surface area contributed by atoms with E-state index in [9.17, 15) is 0 Å². The monoisotopic (exact) mass is 235 g/mol. The van der Waals surface area contributed by atoms with E-state index >= 15 is 0 Å². The zero-order valence-electron chi connectivity index (χ0n) is 10.7. The fourth-order valence-corrected chi connectivity index (χ4v) is 2.20. The topological polar surface area (TPSA) is 30.5 Å². The summed E-state index contributed by atoms with van der Waals surface area (Å²) in [6.07, 6.45) is 1.26. The molecule has 17 heavy (non-hydrogen) atoms. The van der Waals surface area contributed by atoms with E-state index in [-0.39, 0.29) is 6.10 Å². The van der Waals surface area contributed by atoms with Crippen LogP contribution in [0.15, 0.2) is 18.2 Å². The molecule has 2 aliphatic heterocycles. The number of nitrogens with one attached hydrogen (secondary N) is 1. The van der Waals surface area contributed by atoms with Crippen LogP contribution in [0.1, 0.15) is 31.4 Å². The first kappa shape index (κ1) is 12.4. The summed E-state index contributed by atoms with van der Waals surface area (Å²) >= 11 is 0. The lowest BCUT2D eigenvalue weighted by Crippen LogP contribution is -2.16. The van der Waals surface area contributed by atoms with Crippen molar-refractivity contribution in [3.8, 4) is 5.75 Å². The summed E-state index contributed by atoms with van der Waals surface area (Å²) in [5.41, 5.74) is 2.69. The van der Waals surface area contributed by atoms with Crippen LogP contribution >= 0.6 is 0 Å². The Hall–Kier alpha value is -1.06. The fraction of sp³-hybridized carbons (Fsp3) is 0.571. The number of ether oxygens (including phenoxy) is 2. The smallest absolute Gasteiger partial charge is 0.124 e. The van der Waals surface area contributed by atoms with Crippen LogP contribution in [0, 0.1) is 0 Å². The lowest BCUT2D eigenvalue weighted by atomic mass is 10.1. The van der Waals surface area contributed by atoms with Gasteiger partial charge in [-0.2, -0.15) is 0 Å². The van der Waals surface area contributed by atoms with Gasteiger partial charge in [-0.15, -0.1) is 0 Å². The van der Waals surface area contributed by atoms with Gasteiger partial charge >= 0.3 is 0 Å². The molecule has 1 fully saturated rings. The van der Waals surface area contributed by atoms with Crippen molar-refractivity contribution in [3.63, 3.8) is 0 Å². The average molecular weight is 235 g/mol. The molecule has 0 bridgehead atoms. The average Bonchev–Trinajstić information content (AvgIpc) is 3.02. The zero-order chi connectivity index (χ0) is 12.1. The number of rotatable bonds is 2. The van der Waals surface area contributed by atoms with Crippen molar-refractivity contribution in [2.24, 2.45) is 0 Å². The van der Waals surface area contributed by atoms with Crippen LogP contribution in [0.2, 0.25) is 0 Å². The van der Waals surface area contributed by atoms with E-state index in [4.69, 9.17) is 9.47 Å². The molecule has 0 aliphatic carbocycles. The summed E-state index contributed by atoms with van der Waals surface area (Å²) in [5, 5.41) is 3.34. The summed E-state index contributed by atoms with van der Waals surface area (Å²) in [5.74, 6) is 1.04. The summed E-state index contributed by atoms with van der Waals surface area (Å²) in [6.45, 7) is 7.46. The molecule has 2 aliphatic rings. The van der Waals surface area contributed by atoms with Gasteiger partial charge in [0.2, 0.25) is 0 Å². The van der Waals surface area contributed by atoms with Crippen molar-refractivity contribution in [2.45, 2.75) is 39.5 Å². The normalized spacial score (nSPS) is 21.6. The van der Waals surface area contributed by atoms with E-state index < -0.39 is 0 Å². The van der Waals surface area contributed by atoms with Crippen molar-refractivity contribution >= 4 is 0 Å². The molecule has 3 heteroatoms. The molecule has 1 unspecified atom stereocenters.